The Morgan fingerprint density at radius 3 is 2.61 bits per heavy atom. The van der Waals surface area contributed by atoms with Crippen molar-refractivity contribution >= 4 is 28.5 Å². The highest BCUT2D eigenvalue weighted by molar-refractivity contribution is 6.31. The topological polar surface area (TPSA) is 59.3 Å². The summed E-state index contributed by atoms with van der Waals surface area (Å²) in [4.78, 5) is 24.4. The molecule has 0 bridgehead atoms. The van der Waals surface area contributed by atoms with Crippen LogP contribution < -0.4 is 10.7 Å². The lowest BCUT2D eigenvalue weighted by Gasteiger charge is -2.15. The number of carbonyl (C=O) groups excluding carboxylic acids is 1. The second kappa shape index (κ2) is 6.26. The number of carbonyl (C=O) groups is 1. The quantitative estimate of drug-likeness (QED) is 0.792. The maximum Gasteiger partial charge on any atom is 0.287 e. The molecule has 116 valence electrons. The van der Waals surface area contributed by atoms with Crippen LogP contribution in [-0.4, -0.2) is 5.91 Å². The predicted molar refractivity (Wildman–Crippen MR) is 89.8 cm³/mol. The average Bonchev–Trinajstić information content (AvgIpc) is 2.55. The third kappa shape index (κ3) is 3.12. The molecule has 3 rings (SSSR count). The van der Waals surface area contributed by atoms with Crippen LogP contribution in [-0.2, 0) is 0 Å². The molecule has 1 aromatic heterocycles. The molecule has 0 saturated heterocycles. The molecule has 5 heteroatoms. The van der Waals surface area contributed by atoms with Crippen LogP contribution in [0.5, 0.6) is 0 Å². The second-order valence-electron chi connectivity index (χ2n) is 5.19. The van der Waals surface area contributed by atoms with Crippen molar-refractivity contribution in [3.8, 4) is 0 Å². The predicted octanol–water partition coefficient (Wildman–Crippen LogP) is 3.94. The van der Waals surface area contributed by atoms with Crippen LogP contribution in [0, 0.1) is 0 Å². The van der Waals surface area contributed by atoms with Crippen molar-refractivity contribution < 1.29 is 9.21 Å². The molecule has 23 heavy (non-hydrogen) atoms. The summed E-state index contributed by atoms with van der Waals surface area (Å²) in [6.45, 7) is 1.82. The summed E-state index contributed by atoms with van der Waals surface area (Å²) in [7, 11) is 0. The number of hydrogen-bond donors (Lipinski definition) is 1. The molecule has 0 radical (unpaired) electrons. The molecule has 2 aromatic carbocycles. The van der Waals surface area contributed by atoms with Crippen LogP contribution in [0.15, 0.2) is 63.8 Å². The molecule has 0 fully saturated rings. The fraction of sp³-hybridized carbons (Fsp3) is 0.111. The van der Waals surface area contributed by atoms with Gasteiger partial charge in [0, 0.05) is 11.1 Å². The van der Waals surface area contributed by atoms with Gasteiger partial charge >= 0.3 is 0 Å². The van der Waals surface area contributed by atoms with Gasteiger partial charge in [-0.25, -0.2) is 0 Å². The number of halogens is 1. The molecule has 1 atom stereocenters. The third-order valence-corrected chi connectivity index (χ3v) is 3.92. The lowest BCUT2D eigenvalue weighted by atomic mass is 10.1. The monoisotopic (exact) mass is 327 g/mol. The Balaban J connectivity index is 1.89. The van der Waals surface area contributed by atoms with E-state index in [9.17, 15) is 9.59 Å². The van der Waals surface area contributed by atoms with Gasteiger partial charge in [-0.3, -0.25) is 9.59 Å². The summed E-state index contributed by atoms with van der Waals surface area (Å²) < 4.78 is 5.53. The van der Waals surface area contributed by atoms with Crippen LogP contribution >= 0.6 is 11.6 Å². The molecule has 1 heterocycles. The van der Waals surface area contributed by atoms with Crippen LogP contribution in [0.3, 0.4) is 0 Å². The third-order valence-electron chi connectivity index (χ3n) is 3.58. The molecule has 1 N–H and O–H groups in total. The summed E-state index contributed by atoms with van der Waals surface area (Å²) >= 11 is 6.13. The molecule has 1 amide bonds. The molecular formula is C18H14ClNO3. The summed E-state index contributed by atoms with van der Waals surface area (Å²) in [5, 5.41) is 3.81. The lowest BCUT2D eigenvalue weighted by molar-refractivity contribution is 0.0912. The number of para-hydroxylation sites is 1. The molecule has 0 spiro atoms. The Bertz CT molecular complexity index is 933. The van der Waals surface area contributed by atoms with Gasteiger partial charge in [0.1, 0.15) is 5.58 Å². The minimum Gasteiger partial charge on any atom is -0.451 e. The molecule has 0 aliphatic carbocycles. The van der Waals surface area contributed by atoms with E-state index in [1.165, 1.54) is 6.07 Å². The van der Waals surface area contributed by atoms with E-state index in [4.69, 9.17) is 16.0 Å². The SMILES string of the molecule is CC(NC(=O)c1cc(=O)c2ccccc2o1)c1ccccc1Cl. The Morgan fingerprint density at radius 1 is 1.13 bits per heavy atom. The van der Waals surface area contributed by atoms with E-state index in [1.807, 2.05) is 25.1 Å². The summed E-state index contributed by atoms with van der Waals surface area (Å²) in [6, 6.07) is 15.0. The van der Waals surface area contributed by atoms with Gasteiger partial charge in [-0.15, -0.1) is 0 Å². The van der Waals surface area contributed by atoms with Gasteiger partial charge in [0.2, 0.25) is 0 Å². The maximum atomic E-state index is 12.3. The molecule has 0 aliphatic heterocycles. The van der Waals surface area contributed by atoms with E-state index in [0.717, 1.165) is 5.56 Å². The standard InChI is InChI=1S/C18H14ClNO3/c1-11(12-6-2-4-8-14(12)19)20-18(22)17-10-15(21)13-7-3-5-9-16(13)23-17/h2-11H,1H3,(H,20,22). The van der Waals surface area contributed by atoms with Gasteiger partial charge in [-0.1, -0.05) is 41.9 Å². The van der Waals surface area contributed by atoms with Crippen molar-refractivity contribution in [3.05, 3.63) is 81.2 Å². The normalized spacial score (nSPS) is 12.1. The largest absolute Gasteiger partial charge is 0.451 e. The van der Waals surface area contributed by atoms with Gasteiger partial charge in [0.15, 0.2) is 11.2 Å². The molecule has 0 aliphatic rings. The number of benzene rings is 2. The number of hydrogen-bond acceptors (Lipinski definition) is 3. The van der Waals surface area contributed by atoms with E-state index >= 15 is 0 Å². The van der Waals surface area contributed by atoms with Crippen molar-refractivity contribution in [1.29, 1.82) is 0 Å². The Morgan fingerprint density at radius 2 is 1.83 bits per heavy atom. The fourth-order valence-electron chi connectivity index (χ4n) is 2.39. The van der Waals surface area contributed by atoms with Crippen molar-refractivity contribution in [1.82, 2.24) is 5.32 Å². The minimum absolute atomic E-state index is 0.0207. The van der Waals surface area contributed by atoms with Gasteiger partial charge < -0.3 is 9.73 Å². The number of nitrogens with one attached hydrogen (secondary N) is 1. The Kier molecular flexibility index (Phi) is 4.17. The second-order valence-corrected chi connectivity index (χ2v) is 5.59. The summed E-state index contributed by atoms with van der Waals surface area (Å²) in [5.74, 6) is -0.479. The van der Waals surface area contributed by atoms with Crippen molar-refractivity contribution in [2.45, 2.75) is 13.0 Å². The van der Waals surface area contributed by atoms with Crippen LogP contribution in [0.1, 0.15) is 29.1 Å². The number of rotatable bonds is 3. The fourth-order valence-corrected chi connectivity index (χ4v) is 2.69. The number of amides is 1. The van der Waals surface area contributed by atoms with E-state index in [-0.39, 0.29) is 17.2 Å². The first-order valence-corrected chi connectivity index (χ1v) is 7.52. The first kappa shape index (κ1) is 15.3. The Labute approximate surface area is 137 Å². The first-order valence-electron chi connectivity index (χ1n) is 7.14. The van der Waals surface area contributed by atoms with E-state index in [1.54, 1.807) is 30.3 Å². The minimum atomic E-state index is -0.458. The van der Waals surface area contributed by atoms with E-state index in [2.05, 4.69) is 5.32 Å². The highest BCUT2D eigenvalue weighted by Crippen LogP contribution is 2.22. The highest BCUT2D eigenvalue weighted by atomic mass is 35.5. The first-order chi connectivity index (χ1) is 11.1. The van der Waals surface area contributed by atoms with E-state index < -0.39 is 5.91 Å². The molecule has 1 unspecified atom stereocenters. The van der Waals surface area contributed by atoms with Crippen molar-refractivity contribution in [2.24, 2.45) is 0 Å². The van der Waals surface area contributed by atoms with Gasteiger partial charge in [0.05, 0.1) is 11.4 Å². The number of fused-ring (bicyclic) bond motifs is 1. The van der Waals surface area contributed by atoms with Crippen LogP contribution in [0.2, 0.25) is 5.02 Å². The van der Waals surface area contributed by atoms with E-state index in [0.29, 0.717) is 16.0 Å². The maximum absolute atomic E-state index is 12.3. The van der Waals surface area contributed by atoms with Gasteiger partial charge in [-0.2, -0.15) is 0 Å². The molecular weight excluding hydrogens is 314 g/mol. The molecule has 0 saturated carbocycles. The molecule has 4 nitrogen and oxygen atoms in total. The zero-order chi connectivity index (χ0) is 16.4. The van der Waals surface area contributed by atoms with Crippen molar-refractivity contribution in [2.75, 3.05) is 0 Å². The average molecular weight is 328 g/mol. The zero-order valence-corrected chi connectivity index (χ0v) is 13.1. The smallest absolute Gasteiger partial charge is 0.287 e. The van der Waals surface area contributed by atoms with Crippen molar-refractivity contribution in [3.63, 3.8) is 0 Å². The highest BCUT2D eigenvalue weighted by Gasteiger charge is 2.16. The zero-order valence-electron chi connectivity index (χ0n) is 12.4. The van der Waals surface area contributed by atoms with Gasteiger partial charge in [0.25, 0.3) is 5.91 Å². The molecule has 3 aromatic rings. The van der Waals surface area contributed by atoms with Gasteiger partial charge in [-0.05, 0) is 30.7 Å². The summed E-state index contributed by atoms with van der Waals surface area (Å²) in [5.41, 5.74) is 0.934. The summed E-state index contributed by atoms with van der Waals surface area (Å²) in [6.07, 6.45) is 0. The van der Waals surface area contributed by atoms with Crippen LogP contribution in [0.25, 0.3) is 11.0 Å². The lowest BCUT2D eigenvalue weighted by Crippen LogP contribution is -2.27. The Hall–Kier alpha value is -2.59. The van der Waals surface area contributed by atoms with Crippen LogP contribution in [0.4, 0.5) is 0 Å².